The summed E-state index contributed by atoms with van der Waals surface area (Å²) in [5, 5.41) is 14.8. The van der Waals surface area contributed by atoms with Crippen LogP contribution in [0.15, 0.2) is 59.5 Å². The van der Waals surface area contributed by atoms with E-state index in [0.29, 0.717) is 22.2 Å². The van der Waals surface area contributed by atoms with Crippen LogP contribution in [-0.2, 0) is 32.0 Å². The summed E-state index contributed by atoms with van der Waals surface area (Å²) in [5.41, 5.74) is 3.21. The summed E-state index contributed by atoms with van der Waals surface area (Å²) in [6.45, 7) is 0. The van der Waals surface area contributed by atoms with Crippen molar-refractivity contribution in [1.29, 1.82) is 0 Å². The first-order chi connectivity index (χ1) is 18.3. The van der Waals surface area contributed by atoms with Crippen molar-refractivity contribution >= 4 is 57.5 Å². The fourth-order valence-electron chi connectivity index (χ4n) is 4.42. The van der Waals surface area contributed by atoms with E-state index < -0.39 is 17.8 Å². The van der Waals surface area contributed by atoms with E-state index in [9.17, 15) is 19.2 Å². The highest BCUT2D eigenvalue weighted by Crippen LogP contribution is 2.42. The lowest BCUT2D eigenvalue weighted by molar-refractivity contribution is -0.138. The maximum Gasteiger partial charge on any atom is 0.341 e. The second-order valence-corrected chi connectivity index (χ2v) is 11.0. The first kappa shape index (κ1) is 27.4. The zero-order valence-electron chi connectivity index (χ0n) is 20.8. The van der Waals surface area contributed by atoms with Crippen LogP contribution in [-0.4, -0.2) is 41.7 Å². The number of methoxy groups -OCH3 is 1. The molecule has 1 aliphatic rings. The van der Waals surface area contributed by atoms with E-state index >= 15 is 0 Å². The number of anilines is 2. The Bertz CT molecular complexity index is 1340. The van der Waals surface area contributed by atoms with Gasteiger partial charge in [-0.15, -0.1) is 23.1 Å². The van der Waals surface area contributed by atoms with Crippen molar-refractivity contribution in [3.8, 4) is 0 Å². The van der Waals surface area contributed by atoms with E-state index in [1.54, 1.807) is 18.2 Å². The SMILES string of the molecule is COC(=O)c1c(NC(=O)CSc2cccc(NC(=O)CCC(=O)O)c2)sc2c1CCC(c1ccccc1)C2. The van der Waals surface area contributed by atoms with Crippen molar-refractivity contribution in [2.24, 2.45) is 0 Å². The van der Waals surface area contributed by atoms with Crippen molar-refractivity contribution < 1.29 is 29.0 Å². The molecule has 1 unspecified atom stereocenters. The summed E-state index contributed by atoms with van der Waals surface area (Å²) in [7, 11) is 1.34. The molecule has 0 bridgehead atoms. The lowest BCUT2D eigenvalue weighted by Gasteiger charge is -2.22. The fourth-order valence-corrected chi connectivity index (χ4v) is 6.51. The lowest BCUT2D eigenvalue weighted by atomic mass is 9.83. The summed E-state index contributed by atoms with van der Waals surface area (Å²) in [6, 6.07) is 17.3. The average molecular weight is 553 g/mol. The Morgan fingerprint density at radius 3 is 2.55 bits per heavy atom. The molecular formula is C28H28N2O6S2. The monoisotopic (exact) mass is 552 g/mol. The predicted octanol–water partition coefficient (Wildman–Crippen LogP) is 5.34. The molecule has 1 aliphatic carbocycles. The molecule has 0 saturated heterocycles. The largest absolute Gasteiger partial charge is 0.481 e. The Morgan fingerprint density at radius 1 is 1.03 bits per heavy atom. The molecule has 0 radical (unpaired) electrons. The molecule has 1 heterocycles. The number of ether oxygens (including phenoxy) is 1. The number of hydrogen-bond donors (Lipinski definition) is 3. The van der Waals surface area contributed by atoms with Crippen LogP contribution in [0.2, 0.25) is 0 Å². The summed E-state index contributed by atoms with van der Waals surface area (Å²) in [6.07, 6.45) is 2.11. The molecule has 198 valence electrons. The standard InChI is InChI=1S/C28H28N2O6S2/c1-36-28(35)26-21-11-10-18(17-6-3-2-4-7-17)14-22(21)38-27(26)30-24(32)16-37-20-9-5-8-19(15-20)29-23(31)12-13-25(33)34/h2-9,15,18H,10-14,16H2,1H3,(H,29,31)(H,30,32)(H,33,34). The number of aliphatic carboxylic acids is 1. The molecule has 3 N–H and O–H groups in total. The molecule has 2 amide bonds. The molecule has 2 aromatic carbocycles. The average Bonchev–Trinajstić information content (AvgIpc) is 3.28. The number of fused-ring (bicyclic) bond motifs is 1. The molecule has 10 heteroatoms. The summed E-state index contributed by atoms with van der Waals surface area (Å²) in [5.74, 6) is -1.66. The maximum absolute atomic E-state index is 12.9. The zero-order valence-corrected chi connectivity index (χ0v) is 22.5. The Balaban J connectivity index is 1.40. The molecule has 1 aromatic heterocycles. The highest BCUT2D eigenvalue weighted by Gasteiger charge is 2.30. The van der Waals surface area contributed by atoms with Gasteiger partial charge in [0.1, 0.15) is 5.00 Å². The van der Waals surface area contributed by atoms with Crippen molar-refractivity contribution in [2.75, 3.05) is 23.5 Å². The normalized spacial score (nSPS) is 14.3. The number of benzene rings is 2. The van der Waals surface area contributed by atoms with Gasteiger partial charge in [0.15, 0.2) is 0 Å². The Morgan fingerprint density at radius 2 is 1.82 bits per heavy atom. The van der Waals surface area contributed by atoms with Crippen LogP contribution >= 0.6 is 23.1 Å². The van der Waals surface area contributed by atoms with E-state index in [4.69, 9.17) is 9.84 Å². The third-order valence-corrected chi connectivity index (χ3v) is 8.40. The first-order valence-corrected chi connectivity index (χ1v) is 14.0. The number of rotatable bonds is 10. The van der Waals surface area contributed by atoms with Crippen molar-refractivity contribution in [1.82, 2.24) is 0 Å². The van der Waals surface area contributed by atoms with E-state index in [0.717, 1.165) is 34.6 Å². The van der Waals surface area contributed by atoms with Gasteiger partial charge >= 0.3 is 11.9 Å². The van der Waals surface area contributed by atoms with Gasteiger partial charge in [-0.25, -0.2) is 4.79 Å². The molecule has 8 nitrogen and oxygen atoms in total. The van der Waals surface area contributed by atoms with Crippen LogP contribution in [0.25, 0.3) is 0 Å². The van der Waals surface area contributed by atoms with Crippen LogP contribution in [0, 0.1) is 0 Å². The highest BCUT2D eigenvalue weighted by molar-refractivity contribution is 8.00. The number of carbonyl (C=O) groups excluding carboxylic acids is 3. The van der Waals surface area contributed by atoms with Gasteiger partial charge in [-0.1, -0.05) is 36.4 Å². The molecular weight excluding hydrogens is 524 g/mol. The van der Waals surface area contributed by atoms with Gasteiger partial charge in [0.25, 0.3) is 0 Å². The van der Waals surface area contributed by atoms with Gasteiger partial charge in [-0.2, -0.15) is 0 Å². The van der Waals surface area contributed by atoms with Crippen LogP contribution in [0.3, 0.4) is 0 Å². The molecule has 0 spiro atoms. The van der Waals surface area contributed by atoms with Gasteiger partial charge in [0.2, 0.25) is 11.8 Å². The molecule has 4 rings (SSSR count). The molecule has 38 heavy (non-hydrogen) atoms. The first-order valence-electron chi connectivity index (χ1n) is 12.2. The van der Waals surface area contributed by atoms with Crippen LogP contribution in [0.5, 0.6) is 0 Å². The van der Waals surface area contributed by atoms with E-state index in [1.165, 1.54) is 35.8 Å². The van der Waals surface area contributed by atoms with Crippen molar-refractivity contribution in [2.45, 2.75) is 42.9 Å². The predicted molar refractivity (Wildman–Crippen MR) is 148 cm³/mol. The van der Waals surface area contributed by atoms with E-state index in [-0.39, 0.29) is 24.5 Å². The summed E-state index contributed by atoms with van der Waals surface area (Å²) in [4.78, 5) is 49.9. The number of carboxylic acid groups (broad SMARTS) is 1. The van der Waals surface area contributed by atoms with Gasteiger partial charge in [0.05, 0.1) is 24.8 Å². The van der Waals surface area contributed by atoms with Crippen LogP contribution in [0.4, 0.5) is 10.7 Å². The highest BCUT2D eigenvalue weighted by atomic mass is 32.2. The number of carbonyl (C=O) groups is 4. The zero-order chi connectivity index (χ0) is 27.1. The van der Waals surface area contributed by atoms with Crippen LogP contribution in [0.1, 0.15) is 51.5 Å². The number of amides is 2. The Kier molecular flexibility index (Phi) is 9.19. The quantitative estimate of drug-likeness (QED) is 0.229. The summed E-state index contributed by atoms with van der Waals surface area (Å²) < 4.78 is 5.04. The number of thiophene rings is 1. The molecule has 0 saturated carbocycles. The van der Waals surface area contributed by atoms with Crippen molar-refractivity contribution in [3.63, 3.8) is 0 Å². The number of thioether (sulfide) groups is 1. The molecule has 0 aliphatic heterocycles. The summed E-state index contributed by atoms with van der Waals surface area (Å²) >= 11 is 2.73. The van der Waals surface area contributed by atoms with E-state index in [2.05, 4.69) is 22.8 Å². The second kappa shape index (κ2) is 12.7. The lowest BCUT2D eigenvalue weighted by Crippen LogP contribution is -2.17. The minimum absolute atomic E-state index is 0.103. The number of nitrogens with one attached hydrogen (secondary N) is 2. The van der Waals surface area contributed by atoms with Gasteiger partial charge in [0, 0.05) is 21.9 Å². The van der Waals surface area contributed by atoms with Gasteiger partial charge in [-0.3, -0.25) is 14.4 Å². The van der Waals surface area contributed by atoms with E-state index in [1.807, 2.05) is 24.3 Å². The number of esters is 1. The molecule has 0 fully saturated rings. The van der Waals surface area contributed by atoms with Gasteiger partial charge in [-0.05, 0) is 54.5 Å². The van der Waals surface area contributed by atoms with Crippen molar-refractivity contribution in [3.05, 3.63) is 76.2 Å². The smallest absolute Gasteiger partial charge is 0.341 e. The third-order valence-electron chi connectivity index (χ3n) is 6.23. The molecule has 3 aromatic rings. The maximum atomic E-state index is 12.9. The Hall–Kier alpha value is -3.63. The topological polar surface area (TPSA) is 122 Å². The van der Waals surface area contributed by atoms with Gasteiger partial charge < -0.3 is 20.5 Å². The number of carboxylic acids is 1. The van der Waals surface area contributed by atoms with Crippen LogP contribution < -0.4 is 10.6 Å². The fraction of sp³-hybridized carbons (Fsp3) is 0.286. The number of hydrogen-bond acceptors (Lipinski definition) is 7. The Labute approximate surface area is 228 Å². The minimum atomic E-state index is -1.03. The second-order valence-electron chi connectivity index (χ2n) is 8.86. The third kappa shape index (κ3) is 7.02. The molecule has 1 atom stereocenters. The minimum Gasteiger partial charge on any atom is -0.481 e.